The van der Waals surface area contributed by atoms with E-state index in [1.165, 1.54) is 0 Å². The Balaban J connectivity index is 1.53. The van der Waals surface area contributed by atoms with Gasteiger partial charge in [-0.2, -0.15) is 5.10 Å². The van der Waals surface area contributed by atoms with Crippen molar-refractivity contribution in [3.63, 3.8) is 0 Å². The van der Waals surface area contributed by atoms with E-state index < -0.39 is 5.41 Å². The highest BCUT2D eigenvalue weighted by molar-refractivity contribution is 6.30. The standard InChI is InChI=1S/C29H35ClN4O3/c1-4-34-22(2)16-26(31-34)28(36)33-15-9-14-29(20-33,21-37-25-13-8-12-24(30)17-25)18-27(35)32(3)19-23-10-6-5-7-11-23/h5-8,10-13,16-17H,4,9,14-15,18-21H2,1-3H3/t29-/m1/s1. The van der Waals surface area contributed by atoms with Gasteiger partial charge in [-0.1, -0.05) is 48.0 Å². The van der Waals surface area contributed by atoms with Crippen LogP contribution in [0.1, 0.15) is 47.9 Å². The molecule has 37 heavy (non-hydrogen) atoms. The molecular weight excluding hydrogens is 488 g/mol. The van der Waals surface area contributed by atoms with Crippen molar-refractivity contribution in [2.75, 3.05) is 26.7 Å². The summed E-state index contributed by atoms with van der Waals surface area (Å²) >= 11 is 6.16. The van der Waals surface area contributed by atoms with E-state index in [2.05, 4.69) is 5.10 Å². The number of aryl methyl sites for hydroxylation is 2. The fourth-order valence-corrected chi connectivity index (χ4v) is 5.17. The number of likely N-dealkylation sites (tertiary alicyclic amines) is 1. The number of piperidine rings is 1. The van der Waals surface area contributed by atoms with Gasteiger partial charge in [0, 0.05) is 55.8 Å². The minimum absolute atomic E-state index is 0.0268. The summed E-state index contributed by atoms with van der Waals surface area (Å²) in [5.41, 5.74) is 1.94. The van der Waals surface area contributed by atoms with Gasteiger partial charge >= 0.3 is 0 Å². The molecule has 1 aromatic heterocycles. The number of nitrogens with zero attached hydrogens (tertiary/aromatic N) is 4. The number of carbonyl (C=O) groups excluding carboxylic acids is 2. The molecule has 1 fully saturated rings. The van der Waals surface area contributed by atoms with Crippen molar-refractivity contribution in [2.24, 2.45) is 5.41 Å². The van der Waals surface area contributed by atoms with Crippen LogP contribution in [-0.2, 0) is 17.9 Å². The predicted octanol–water partition coefficient (Wildman–Crippen LogP) is 5.21. The van der Waals surface area contributed by atoms with Crippen molar-refractivity contribution in [1.82, 2.24) is 19.6 Å². The van der Waals surface area contributed by atoms with Crippen LogP contribution in [0.15, 0.2) is 60.7 Å². The molecule has 2 amide bonds. The van der Waals surface area contributed by atoms with E-state index in [4.69, 9.17) is 16.3 Å². The van der Waals surface area contributed by atoms with Gasteiger partial charge in [-0.05, 0) is 56.5 Å². The van der Waals surface area contributed by atoms with E-state index in [0.29, 0.717) is 49.3 Å². The summed E-state index contributed by atoms with van der Waals surface area (Å²) in [6.45, 7) is 6.56. The van der Waals surface area contributed by atoms with E-state index in [-0.39, 0.29) is 18.2 Å². The lowest BCUT2D eigenvalue weighted by atomic mass is 9.77. The van der Waals surface area contributed by atoms with Gasteiger partial charge in [0.15, 0.2) is 5.69 Å². The third kappa shape index (κ3) is 6.72. The van der Waals surface area contributed by atoms with Crippen LogP contribution in [0.5, 0.6) is 5.75 Å². The Bertz CT molecular complexity index is 1230. The Morgan fingerprint density at radius 1 is 1.14 bits per heavy atom. The molecular formula is C29H35ClN4O3. The third-order valence-corrected chi connectivity index (χ3v) is 7.24. The second-order valence-electron chi connectivity index (χ2n) is 9.98. The molecule has 0 aliphatic carbocycles. The lowest BCUT2D eigenvalue weighted by Gasteiger charge is -2.42. The van der Waals surface area contributed by atoms with Gasteiger partial charge in [0.05, 0.1) is 6.61 Å². The van der Waals surface area contributed by atoms with Crippen molar-refractivity contribution in [3.05, 3.63) is 82.6 Å². The summed E-state index contributed by atoms with van der Waals surface area (Å²) in [5, 5.41) is 5.09. The van der Waals surface area contributed by atoms with Crippen molar-refractivity contribution in [1.29, 1.82) is 0 Å². The molecule has 0 saturated carbocycles. The highest BCUT2D eigenvalue weighted by Gasteiger charge is 2.41. The Kier molecular flexibility index (Phi) is 8.54. The number of ether oxygens (including phenoxy) is 1. The molecule has 3 aromatic rings. The molecule has 1 aliphatic rings. The zero-order chi connectivity index (χ0) is 26.4. The smallest absolute Gasteiger partial charge is 0.274 e. The molecule has 8 heteroatoms. The number of hydrogen-bond donors (Lipinski definition) is 0. The molecule has 4 rings (SSSR count). The van der Waals surface area contributed by atoms with Crippen molar-refractivity contribution in [3.8, 4) is 5.75 Å². The maximum Gasteiger partial charge on any atom is 0.274 e. The average molecular weight is 523 g/mol. The lowest BCUT2D eigenvalue weighted by Crippen LogP contribution is -2.50. The Morgan fingerprint density at radius 3 is 2.62 bits per heavy atom. The molecule has 7 nitrogen and oxygen atoms in total. The van der Waals surface area contributed by atoms with Crippen LogP contribution < -0.4 is 4.74 Å². The van der Waals surface area contributed by atoms with E-state index in [0.717, 1.165) is 24.1 Å². The molecule has 196 valence electrons. The second-order valence-corrected chi connectivity index (χ2v) is 10.4. The highest BCUT2D eigenvalue weighted by atomic mass is 35.5. The van der Waals surface area contributed by atoms with Crippen LogP contribution in [-0.4, -0.2) is 58.1 Å². The molecule has 0 unspecified atom stereocenters. The minimum atomic E-state index is -0.527. The zero-order valence-electron chi connectivity index (χ0n) is 21.8. The van der Waals surface area contributed by atoms with Gasteiger partial charge in [-0.3, -0.25) is 14.3 Å². The number of carbonyl (C=O) groups is 2. The van der Waals surface area contributed by atoms with E-state index in [1.807, 2.05) is 79.0 Å². The zero-order valence-corrected chi connectivity index (χ0v) is 22.6. The van der Waals surface area contributed by atoms with Crippen LogP contribution in [0.25, 0.3) is 0 Å². The first-order valence-corrected chi connectivity index (χ1v) is 13.2. The fourth-order valence-electron chi connectivity index (χ4n) is 4.99. The Morgan fingerprint density at radius 2 is 1.92 bits per heavy atom. The third-order valence-electron chi connectivity index (χ3n) is 7.00. The van der Waals surface area contributed by atoms with E-state index in [1.54, 1.807) is 17.0 Å². The van der Waals surface area contributed by atoms with E-state index in [9.17, 15) is 9.59 Å². The van der Waals surface area contributed by atoms with Crippen molar-refractivity contribution in [2.45, 2.75) is 46.2 Å². The minimum Gasteiger partial charge on any atom is -0.493 e. The summed E-state index contributed by atoms with van der Waals surface area (Å²) in [4.78, 5) is 30.5. The maximum atomic E-state index is 13.4. The number of hydrogen-bond acceptors (Lipinski definition) is 4. The summed E-state index contributed by atoms with van der Waals surface area (Å²) in [6, 6.07) is 19.0. The molecule has 0 N–H and O–H groups in total. The first kappa shape index (κ1) is 26.7. The molecule has 1 saturated heterocycles. The largest absolute Gasteiger partial charge is 0.493 e. The van der Waals surface area contributed by atoms with Crippen LogP contribution in [0.2, 0.25) is 5.02 Å². The number of benzene rings is 2. The van der Waals surface area contributed by atoms with Crippen molar-refractivity contribution >= 4 is 23.4 Å². The Labute approximate surface area is 224 Å². The SMILES string of the molecule is CCn1nc(C(=O)N2CCC[C@@](COc3cccc(Cl)c3)(CC(=O)N(C)Cc3ccccc3)C2)cc1C. The van der Waals surface area contributed by atoms with Crippen molar-refractivity contribution < 1.29 is 14.3 Å². The fraction of sp³-hybridized carbons (Fsp3) is 0.414. The van der Waals surface area contributed by atoms with Gasteiger partial charge in [0.25, 0.3) is 5.91 Å². The van der Waals surface area contributed by atoms with Crippen LogP contribution in [0, 0.1) is 12.3 Å². The molecule has 0 radical (unpaired) electrons. The first-order chi connectivity index (χ1) is 17.8. The van der Waals surface area contributed by atoms with Gasteiger partial charge < -0.3 is 14.5 Å². The normalized spacial score (nSPS) is 17.5. The van der Waals surface area contributed by atoms with E-state index >= 15 is 0 Å². The lowest BCUT2D eigenvalue weighted by molar-refractivity contribution is -0.134. The van der Waals surface area contributed by atoms with Gasteiger partial charge in [-0.15, -0.1) is 0 Å². The van der Waals surface area contributed by atoms with Crippen LogP contribution >= 0.6 is 11.6 Å². The maximum absolute atomic E-state index is 13.4. The number of aromatic nitrogens is 2. The first-order valence-electron chi connectivity index (χ1n) is 12.8. The van der Waals surface area contributed by atoms with Gasteiger partial charge in [0.2, 0.25) is 5.91 Å². The summed E-state index contributed by atoms with van der Waals surface area (Å²) in [7, 11) is 1.83. The summed E-state index contributed by atoms with van der Waals surface area (Å²) in [5.74, 6) is 0.573. The number of rotatable bonds is 9. The average Bonchev–Trinajstić information content (AvgIpc) is 3.28. The van der Waals surface area contributed by atoms with Gasteiger partial charge in [0.1, 0.15) is 5.75 Å². The molecule has 2 aromatic carbocycles. The summed E-state index contributed by atoms with van der Waals surface area (Å²) in [6.07, 6.45) is 1.85. The predicted molar refractivity (Wildman–Crippen MR) is 145 cm³/mol. The monoisotopic (exact) mass is 522 g/mol. The second kappa shape index (κ2) is 11.8. The summed E-state index contributed by atoms with van der Waals surface area (Å²) < 4.78 is 8.02. The molecule has 0 spiro atoms. The highest BCUT2D eigenvalue weighted by Crippen LogP contribution is 2.36. The molecule has 1 atom stereocenters. The van der Waals surface area contributed by atoms with Crippen LogP contribution in [0.3, 0.4) is 0 Å². The Hall–Kier alpha value is -3.32. The molecule has 1 aliphatic heterocycles. The van der Waals surface area contributed by atoms with Gasteiger partial charge in [-0.25, -0.2) is 0 Å². The molecule has 2 heterocycles. The number of halogens is 1. The van der Waals surface area contributed by atoms with Crippen LogP contribution in [0.4, 0.5) is 0 Å². The quantitative estimate of drug-likeness (QED) is 0.386. The number of amides is 2. The molecule has 0 bridgehead atoms. The topological polar surface area (TPSA) is 67.7 Å².